The molecule has 0 bridgehead atoms. The molecule has 2 aliphatic rings. The van der Waals surface area contributed by atoms with Gasteiger partial charge in [0, 0.05) is 42.6 Å². The highest BCUT2D eigenvalue weighted by Crippen LogP contribution is 2.50. The standard InChI is InChI=1S/C31H32F5N7O2S/c1-38-26-23-16(7-8-19(32)27(23)46-28(26)37)22-18(31(34,35)36)12-17-25(24(22)33)40-30(45-13-15-6-5-11-42(15)2)41-29(17)43(3)21-9-10-39-20(21)14-44-4/h7-8,12,15,20-21,39H,5-6,9-11,13-14,37H2,2-4H3/t15-,20+,21+/m0/s1. The van der Waals surface area contributed by atoms with Gasteiger partial charge in [-0.15, -0.1) is 11.3 Å². The average Bonchev–Trinajstić information content (AvgIpc) is 3.74. The van der Waals surface area contributed by atoms with Gasteiger partial charge in [-0.05, 0) is 57.1 Å². The Bertz CT molecular complexity index is 1840. The maximum absolute atomic E-state index is 16.9. The maximum atomic E-state index is 16.9. The summed E-state index contributed by atoms with van der Waals surface area (Å²) < 4.78 is 87.6. The second kappa shape index (κ2) is 12.4. The van der Waals surface area contributed by atoms with Crippen molar-refractivity contribution >= 4 is 48.8 Å². The maximum Gasteiger partial charge on any atom is 0.417 e. The van der Waals surface area contributed by atoms with E-state index >= 15 is 4.39 Å². The van der Waals surface area contributed by atoms with Crippen molar-refractivity contribution in [1.82, 2.24) is 20.2 Å². The van der Waals surface area contributed by atoms with Crippen molar-refractivity contribution in [2.75, 3.05) is 58.1 Å². The number of aromatic nitrogens is 2. The van der Waals surface area contributed by atoms with E-state index in [0.717, 1.165) is 48.9 Å². The number of likely N-dealkylation sites (N-methyl/N-ethyl adjacent to an activating group) is 2. The van der Waals surface area contributed by atoms with Crippen LogP contribution in [0.5, 0.6) is 6.01 Å². The summed E-state index contributed by atoms with van der Waals surface area (Å²) in [6.07, 6.45) is -2.55. The molecular weight excluding hydrogens is 629 g/mol. The van der Waals surface area contributed by atoms with E-state index in [1.165, 1.54) is 0 Å². The van der Waals surface area contributed by atoms with Gasteiger partial charge in [0.25, 0.3) is 0 Å². The molecule has 0 unspecified atom stereocenters. The Balaban J connectivity index is 1.61. The largest absolute Gasteiger partial charge is 0.462 e. The lowest BCUT2D eigenvalue weighted by Gasteiger charge is -2.31. The number of nitrogens with zero attached hydrogens (tertiary/aromatic N) is 5. The molecule has 0 aliphatic carbocycles. The van der Waals surface area contributed by atoms with Gasteiger partial charge in [0.2, 0.25) is 5.69 Å². The number of nitrogens with one attached hydrogen (secondary N) is 1. The van der Waals surface area contributed by atoms with Gasteiger partial charge in [-0.25, -0.2) is 13.6 Å². The number of anilines is 2. The summed E-state index contributed by atoms with van der Waals surface area (Å²) in [5, 5.41) is 2.90. The Kier molecular flexibility index (Phi) is 8.66. The molecule has 0 amide bonds. The van der Waals surface area contributed by atoms with Crippen molar-refractivity contribution < 1.29 is 31.4 Å². The molecule has 6 rings (SSSR count). The summed E-state index contributed by atoms with van der Waals surface area (Å²) in [7, 11) is 5.21. The molecule has 4 aromatic rings. The molecule has 15 heteroatoms. The smallest absolute Gasteiger partial charge is 0.417 e. The van der Waals surface area contributed by atoms with Crippen LogP contribution in [0.3, 0.4) is 0 Å². The number of benzene rings is 2. The molecule has 2 aromatic carbocycles. The van der Waals surface area contributed by atoms with Crippen molar-refractivity contribution in [2.24, 2.45) is 0 Å². The molecule has 3 atom stereocenters. The van der Waals surface area contributed by atoms with Gasteiger partial charge in [-0.3, -0.25) is 0 Å². The molecular formula is C31H32F5N7O2S. The molecule has 0 spiro atoms. The molecule has 0 saturated carbocycles. The van der Waals surface area contributed by atoms with Crippen LogP contribution in [0.1, 0.15) is 24.8 Å². The minimum atomic E-state index is -5.05. The van der Waals surface area contributed by atoms with Gasteiger partial charge in [-0.1, -0.05) is 6.07 Å². The third-order valence-corrected chi connectivity index (χ3v) is 9.95. The highest BCUT2D eigenvalue weighted by Gasteiger charge is 2.39. The fourth-order valence-electron chi connectivity index (χ4n) is 6.59. The Morgan fingerprint density at radius 1 is 1.22 bits per heavy atom. The predicted octanol–water partition coefficient (Wildman–Crippen LogP) is 6.23. The minimum absolute atomic E-state index is 0.0661. The number of hydrogen-bond acceptors (Lipinski definition) is 9. The first-order valence-electron chi connectivity index (χ1n) is 14.7. The number of ether oxygens (including phenoxy) is 2. The van der Waals surface area contributed by atoms with Gasteiger partial charge in [0.15, 0.2) is 5.82 Å². The van der Waals surface area contributed by atoms with Crippen LogP contribution in [0.25, 0.3) is 37.0 Å². The summed E-state index contributed by atoms with van der Waals surface area (Å²) in [6, 6.07) is 2.30. The molecule has 3 N–H and O–H groups in total. The van der Waals surface area contributed by atoms with Crippen molar-refractivity contribution in [3.05, 3.63) is 46.8 Å². The van der Waals surface area contributed by atoms with Crippen molar-refractivity contribution in [3.63, 3.8) is 0 Å². The second-order valence-corrected chi connectivity index (χ2v) is 12.7. The van der Waals surface area contributed by atoms with Crippen LogP contribution in [-0.4, -0.2) is 80.5 Å². The molecule has 9 nitrogen and oxygen atoms in total. The number of hydrogen-bond donors (Lipinski definition) is 2. The van der Waals surface area contributed by atoms with Gasteiger partial charge in [0.05, 0.1) is 34.5 Å². The molecule has 2 fully saturated rings. The third-order valence-electron chi connectivity index (χ3n) is 8.93. The van der Waals surface area contributed by atoms with Crippen LogP contribution in [0.2, 0.25) is 0 Å². The summed E-state index contributed by atoms with van der Waals surface area (Å²) in [5.41, 5.74) is 2.83. The Morgan fingerprint density at radius 2 is 2.00 bits per heavy atom. The van der Waals surface area contributed by atoms with Crippen LogP contribution >= 0.6 is 11.3 Å². The van der Waals surface area contributed by atoms with Crippen molar-refractivity contribution in [2.45, 2.75) is 43.6 Å². The van der Waals surface area contributed by atoms with Crippen LogP contribution < -0.4 is 20.7 Å². The minimum Gasteiger partial charge on any atom is -0.462 e. The first kappa shape index (κ1) is 32.1. The van der Waals surface area contributed by atoms with Crippen LogP contribution in [-0.2, 0) is 10.9 Å². The normalized spacial score (nSPS) is 20.5. The quantitative estimate of drug-likeness (QED) is 0.170. The lowest BCUT2D eigenvalue weighted by molar-refractivity contribution is -0.137. The highest BCUT2D eigenvalue weighted by atomic mass is 32.1. The zero-order valence-corrected chi connectivity index (χ0v) is 26.2. The van der Waals surface area contributed by atoms with Crippen molar-refractivity contribution in [3.8, 4) is 17.1 Å². The first-order chi connectivity index (χ1) is 21.9. The zero-order valence-electron chi connectivity index (χ0n) is 25.3. The topological polar surface area (TPSA) is 93.1 Å². The fourth-order valence-corrected chi connectivity index (χ4v) is 7.53. The number of nitrogen functional groups attached to an aromatic ring is 1. The number of likely N-dealkylation sites (tertiary alicyclic amines) is 1. The number of thiophene rings is 1. The average molecular weight is 662 g/mol. The SMILES string of the molecule is [C-]#[N+]c1c(N)sc2c(F)ccc(-c3c(C(F)(F)F)cc4c(N(C)[C@@H]5CCN[C@@H]5COC)nc(OC[C@@H]5CCCN5C)nc4c3F)c12. The number of fused-ring (bicyclic) bond motifs is 2. The highest BCUT2D eigenvalue weighted by molar-refractivity contribution is 7.23. The van der Waals surface area contributed by atoms with Crippen LogP contribution in [0, 0.1) is 18.2 Å². The first-order valence-corrected chi connectivity index (χ1v) is 15.5. The van der Waals surface area contributed by atoms with Gasteiger partial charge in [-0.2, -0.15) is 23.1 Å². The summed E-state index contributed by atoms with van der Waals surface area (Å²) in [5.74, 6) is -2.01. The molecule has 46 heavy (non-hydrogen) atoms. The lowest BCUT2D eigenvalue weighted by Crippen LogP contribution is -2.44. The number of rotatable bonds is 8. The molecule has 244 valence electrons. The van der Waals surface area contributed by atoms with E-state index in [9.17, 15) is 17.6 Å². The summed E-state index contributed by atoms with van der Waals surface area (Å²) in [6.45, 7) is 9.67. The van der Waals surface area contributed by atoms with E-state index in [1.54, 1.807) is 19.1 Å². The lowest BCUT2D eigenvalue weighted by atomic mass is 9.93. The number of nitrogens with two attached hydrogens (primary N) is 1. The van der Waals surface area contributed by atoms with E-state index in [-0.39, 0.29) is 68.3 Å². The van der Waals surface area contributed by atoms with Gasteiger partial charge >= 0.3 is 12.2 Å². The molecule has 2 aliphatic heterocycles. The Labute approximate surface area is 265 Å². The van der Waals surface area contributed by atoms with Gasteiger partial charge in [0.1, 0.15) is 23.8 Å². The fraction of sp³-hybridized carbons (Fsp3) is 0.452. The van der Waals surface area contributed by atoms with Crippen LogP contribution in [0.15, 0.2) is 18.2 Å². The van der Waals surface area contributed by atoms with E-state index < -0.39 is 34.5 Å². The van der Waals surface area contributed by atoms with Crippen LogP contribution in [0.4, 0.5) is 38.5 Å². The van der Waals surface area contributed by atoms with E-state index in [4.69, 9.17) is 21.8 Å². The number of halogens is 5. The third kappa shape index (κ3) is 5.57. The predicted molar refractivity (Wildman–Crippen MR) is 168 cm³/mol. The van der Waals surface area contributed by atoms with Crippen molar-refractivity contribution in [1.29, 1.82) is 0 Å². The van der Waals surface area contributed by atoms with E-state index in [0.29, 0.717) is 19.6 Å². The zero-order chi connectivity index (χ0) is 32.9. The van der Waals surface area contributed by atoms with Gasteiger partial charge < -0.3 is 30.3 Å². The molecule has 0 radical (unpaired) electrons. The van der Waals surface area contributed by atoms with E-state index in [2.05, 4.69) is 25.0 Å². The van der Waals surface area contributed by atoms with E-state index in [1.807, 2.05) is 7.05 Å². The number of methoxy groups -OCH3 is 1. The molecule has 4 heterocycles. The number of alkyl halides is 3. The monoisotopic (exact) mass is 661 g/mol. The molecule has 2 aromatic heterocycles. The Hall–Kier alpha value is -3.84. The summed E-state index contributed by atoms with van der Waals surface area (Å²) in [4.78, 5) is 16.1. The molecule has 2 saturated heterocycles. The Morgan fingerprint density at radius 3 is 2.67 bits per heavy atom. The summed E-state index contributed by atoms with van der Waals surface area (Å²) >= 11 is 0.720. The second-order valence-electron chi connectivity index (χ2n) is 11.6.